The van der Waals surface area contributed by atoms with Crippen molar-refractivity contribution in [1.29, 1.82) is 0 Å². The first-order chi connectivity index (χ1) is 12.9. The first kappa shape index (κ1) is 17.0. The molecule has 4 aromatic rings. The number of thiazole rings is 2. The second kappa shape index (κ2) is 6.23. The maximum Gasteiger partial charge on any atom is 0.190 e. The Hall–Kier alpha value is -2.08. The topological polar surface area (TPSA) is 29.7 Å². The Kier molecular flexibility index (Phi) is 3.93. The van der Waals surface area contributed by atoms with E-state index in [1.54, 1.807) is 22.7 Å². The fourth-order valence-corrected chi connectivity index (χ4v) is 6.83. The van der Waals surface area contributed by atoms with Crippen molar-refractivity contribution in [2.75, 3.05) is 0 Å². The zero-order valence-corrected chi connectivity index (χ0v) is 16.7. The van der Waals surface area contributed by atoms with Crippen LogP contribution >= 0.6 is 22.7 Å². The van der Waals surface area contributed by atoms with Gasteiger partial charge in [-0.05, 0) is 5.56 Å². The van der Waals surface area contributed by atoms with Crippen LogP contribution in [-0.4, -0.2) is 9.97 Å². The summed E-state index contributed by atoms with van der Waals surface area (Å²) in [7, 11) is 0. The minimum absolute atomic E-state index is 0. The number of halogens is 1. The third kappa shape index (κ3) is 2.16. The number of benzene rings is 1. The van der Waals surface area contributed by atoms with Gasteiger partial charge in [0.05, 0.1) is 22.4 Å². The smallest absolute Gasteiger partial charge is 0.190 e. The molecule has 1 aromatic carbocycles. The van der Waals surface area contributed by atoms with E-state index in [0.29, 0.717) is 6.04 Å². The summed E-state index contributed by atoms with van der Waals surface area (Å²) in [6, 6.07) is 15.9. The minimum Gasteiger partial charge on any atom is -1.00 e. The maximum absolute atomic E-state index is 4.44. The molecule has 2 aliphatic heterocycles. The molecule has 0 saturated carbocycles. The number of hydrogen-bond acceptors (Lipinski definition) is 4. The molecule has 6 heteroatoms. The van der Waals surface area contributed by atoms with Crippen molar-refractivity contribution in [3.8, 4) is 0 Å². The molecule has 3 nitrogen and oxygen atoms in total. The lowest BCUT2D eigenvalue weighted by Crippen LogP contribution is -3.00. The molecule has 0 amide bonds. The Balaban J connectivity index is 0.00000160. The summed E-state index contributed by atoms with van der Waals surface area (Å²) in [5.41, 5.74) is 8.16. The van der Waals surface area contributed by atoms with E-state index in [2.05, 4.69) is 75.6 Å². The third-order valence-electron chi connectivity index (χ3n) is 5.97. The van der Waals surface area contributed by atoms with Crippen LogP contribution in [0.2, 0.25) is 0 Å². The summed E-state index contributed by atoms with van der Waals surface area (Å²) in [6.07, 6.45) is 7.44. The van der Waals surface area contributed by atoms with E-state index < -0.39 is 0 Å². The predicted molar refractivity (Wildman–Crippen MR) is 103 cm³/mol. The normalized spacial score (nSPS) is 21.2. The minimum atomic E-state index is -0.0806. The van der Waals surface area contributed by atoms with E-state index in [0.717, 1.165) is 6.42 Å². The quantitative estimate of drug-likeness (QED) is 0.467. The molecule has 2 unspecified atom stereocenters. The summed E-state index contributed by atoms with van der Waals surface area (Å²) in [5.74, 6) is 0.283. The highest BCUT2D eigenvalue weighted by Gasteiger charge is 2.60. The fourth-order valence-electron chi connectivity index (χ4n) is 5.01. The first-order valence-corrected chi connectivity index (χ1v) is 10.5. The molecule has 0 fully saturated rings. The van der Waals surface area contributed by atoms with Gasteiger partial charge in [0.25, 0.3) is 0 Å². The van der Waals surface area contributed by atoms with Gasteiger partial charge in [-0.25, -0.2) is 0 Å². The van der Waals surface area contributed by atoms with Crippen LogP contribution in [0, 0.1) is 0 Å². The van der Waals surface area contributed by atoms with Crippen LogP contribution in [0.25, 0.3) is 0 Å². The van der Waals surface area contributed by atoms with Crippen LogP contribution in [0.5, 0.6) is 0 Å². The molecule has 0 saturated heterocycles. The van der Waals surface area contributed by atoms with Crippen molar-refractivity contribution in [1.82, 2.24) is 9.97 Å². The van der Waals surface area contributed by atoms with Crippen molar-refractivity contribution >= 4 is 22.7 Å². The Morgan fingerprint density at radius 3 is 2.22 bits per heavy atom. The third-order valence-corrected chi connectivity index (χ3v) is 7.87. The summed E-state index contributed by atoms with van der Waals surface area (Å²) >= 11 is 3.55. The molecule has 27 heavy (non-hydrogen) atoms. The molecular formula is C21H16ClN3S2. The molecule has 3 aliphatic rings. The number of aromatic nitrogens is 3. The molecule has 0 spiro atoms. The highest BCUT2D eigenvalue weighted by atomic mass is 35.5. The van der Waals surface area contributed by atoms with E-state index >= 15 is 0 Å². The van der Waals surface area contributed by atoms with E-state index in [4.69, 9.17) is 0 Å². The summed E-state index contributed by atoms with van der Waals surface area (Å²) < 4.78 is 2.48. The molecule has 0 N–H and O–H groups in total. The molecule has 7 rings (SSSR count). The van der Waals surface area contributed by atoms with E-state index in [9.17, 15) is 0 Å². The number of rotatable bonds is 2. The lowest BCUT2D eigenvalue weighted by molar-refractivity contribution is -0.732. The largest absolute Gasteiger partial charge is 1.00 e. The summed E-state index contributed by atoms with van der Waals surface area (Å²) in [6.45, 7) is 0. The van der Waals surface area contributed by atoms with Gasteiger partial charge in [0.1, 0.15) is 0 Å². The average Bonchev–Trinajstić information content (AvgIpc) is 3.42. The number of hydrogen-bond donors (Lipinski definition) is 0. The Morgan fingerprint density at radius 1 is 0.889 bits per heavy atom. The summed E-state index contributed by atoms with van der Waals surface area (Å²) in [5, 5.41) is 0. The van der Waals surface area contributed by atoms with Crippen molar-refractivity contribution in [2.24, 2.45) is 0 Å². The molecule has 1 aliphatic carbocycles. The fraction of sp³-hybridized carbons (Fsp3) is 0.190. The lowest BCUT2D eigenvalue weighted by atomic mass is 9.57. The van der Waals surface area contributed by atoms with Crippen molar-refractivity contribution in [3.05, 3.63) is 98.7 Å². The van der Waals surface area contributed by atoms with Gasteiger partial charge in [-0.15, -0.1) is 22.7 Å². The Labute approximate surface area is 171 Å². The highest BCUT2D eigenvalue weighted by molar-refractivity contribution is 7.11. The SMILES string of the molecule is [Cl-].c1ccc2c(c1)C1CC(c3cncs3)(c3cncs3)C2c2cccc[n+]21. The van der Waals surface area contributed by atoms with Gasteiger partial charge < -0.3 is 12.4 Å². The molecule has 3 aromatic heterocycles. The van der Waals surface area contributed by atoms with Crippen molar-refractivity contribution < 1.29 is 17.0 Å². The van der Waals surface area contributed by atoms with Gasteiger partial charge in [0.15, 0.2) is 17.9 Å². The number of pyridine rings is 1. The Morgan fingerprint density at radius 2 is 1.56 bits per heavy atom. The molecule has 134 valence electrons. The van der Waals surface area contributed by atoms with E-state index in [1.807, 2.05) is 11.0 Å². The highest BCUT2D eigenvalue weighted by Crippen LogP contribution is 2.60. The van der Waals surface area contributed by atoms with Crippen molar-refractivity contribution in [3.63, 3.8) is 0 Å². The molecule has 5 heterocycles. The monoisotopic (exact) mass is 409 g/mol. The van der Waals surface area contributed by atoms with Crippen LogP contribution < -0.4 is 17.0 Å². The zero-order valence-electron chi connectivity index (χ0n) is 14.3. The van der Waals surface area contributed by atoms with E-state index in [1.165, 1.54) is 26.6 Å². The maximum atomic E-state index is 4.44. The van der Waals surface area contributed by atoms with Gasteiger partial charge >= 0.3 is 0 Å². The van der Waals surface area contributed by atoms with Gasteiger partial charge in [-0.3, -0.25) is 9.97 Å². The van der Waals surface area contributed by atoms with Crippen LogP contribution in [0.3, 0.4) is 0 Å². The zero-order chi connectivity index (χ0) is 17.1. The van der Waals surface area contributed by atoms with Crippen molar-refractivity contribution in [2.45, 2.75) is 23.8 Å². The van der Waals surface area contributed by atoms with Gasteiger partial charge in [0.2, 0.25) is 0 Å². The lowest BCUT2D eigenvalue weighted by Gasteiger charge is -2.48. The molecular weight excluding hydrogens is 394 g/mol. The van der Waals surface area contributed by atoms with Crippen LogP contribution in [0.1, 0.15) is 45.0 Å². The van der Waals surface area contributed by atoms with Crippen LogP contribution in [0.4, 0.5) is 0 Å². The van der Waals surface area contributed by atoms with E-state index in [-0.39, 0.29) is 23.7 Å². The van der Waals surface area contributed by atoms with Crippen LogP contribution in [-0.2, 0) is 5.41 Å². The van der Waals surface area contributed by atoms with Gasteiger partial charge in [-0.1, -0.05) is 30.3 Å². The standard InChI is InChI=1S/C21H16N3S2.ClH/c1-2-6-15-14(5-1)17-9-21(18-10-22-12-25-18,19-11-23-13-26-19)20(15)16-7-3-4-8-24(16)17;/h1-8,10-13,17,20H,9H2;1H/q+1;/p-1. The molecule has 0 radical (unpaired) electrons. The molecule has 2 bridgehead atoms. The van der Waals surface area contributed by atoms with Crippen LogP contribution in [0.15, 0.2) is 72.1 Å². The predicted octanol–water partition coefficient (Wildman–Crippen LogP) is 1.32. The average molecular weight is 410 g/mol. The number of nitrogens with zero attached hydrogens (tertiary/aromatic N) is 3. The second-order valence-electron chi connectivity index (χ2n) is 7.02. The first-order valence-electron chi connectivity index (χ1n) is 8.76. The Bertz CT molecular complexity index is 1010. The number of fused-ring (bicyclic) bond motifs is 1. The molecule has 2 atom stereocenters. The van der Waals surface area contributed by atoms with Gasteiger partial charge in [-0.2, -0.15) is 4.57 Å². The van der Waals surface area contributed by atoms with Gasteiger partial charge in [0, 0.05) is 46.3 Å². The second-order valence-corrected chi connectivity index (χ2v) is 8.79. The summed E-state index contributed by atoms with van der Waals surface area (Å²) in [4.78, 5) is 11.6.